The van der Waals surface area contributed by atoms with Gasteiger partial charge in [0.25, 0.3) is 0 Å². The van der Waals surface area contributed by atoms with Crippen LogP contribution in [0.1, 0.15) is 22.5 Å². The molecule has 1 amide bonds. The van der Waals surface area contributed by atoms with Gasteiger partial charge in [0.2, 0.25) is 5.91 Å². The highest BCUT2D eigenvalue weighted by molar-refractivity contribution is 6.31. The maximum Gasteiger partial charge on any atom is 0.416 e. The van der Waals surface area contributed by atoms with Crippen LogP contribution >= 0.6 is 11.6 Å². The Bertz CT molecular complexity index is 1070. The van der Waals surface area contributed by atoms with Crippen LogP contribution in [0, 0.1) is 19.7 Å². The summed E-state index contributed by atoms with van der Waals surface area (Å²) in [5.41, 5.74) is 1.14. The number of benzene rings is 2. The van der Waals surface area contributed by atoms with E-state index in [-0.39, 0.29) is 21.8 Å². The van der Waals surface area contributed by atoms with Crippen LogP contribution in [-0.4, -0.2) is 10.9 Å². The Balaban J connectivity index is 1.96. The van der Waals surface area contributed by atoms with Crippen molar-refractivity contribution in [1.82, 2.24) is 4.98 Å². The lowest BCUT2D eigenvalue weighted by Crippen LogP contribution is -2.16. The van der Waals surface area contributed by atoms with Gasteiger partial charge in [-0.25, -0.2) is 4.39 Å². The number of alkyl halides is 3. The lowest BCUT2D eigenvalue weighted by atomic mass is 10.0. The van der Waals surface area contributed by atoms with Crippen molar-refractivity contribution in [3.63, 3.8) is 0 Å². The molecule has 30 heavy (non-hydrogen) atoms. The van der Waals surface area contributed by atoms with Crippen LogP contribution < -0.4 is 5.32 Å². The second-order valence-corrected chi connectivity index (χ2v) is 7.27. The number of anilines is 1. The van der Waals surface area contributed by atoms with E-state index in [0.717, 1.165) is 18.2 Å². The predicted octanol–water partition coefficient (Wildman–Crippen LogP) is 6.36. The van der Waals surface area contributed by atoms with Gasteiger partial charge in [-0.15, -0.1) is 0 Å². The second kappa shape index (κ2) is 8.44. The predicted molar refractivity (Wildman–Crippen MR) is 108 cm³/mol. The topological polar surface area (TPSA) is 42.0 Å². The lowest BCUT2D eigenvalue weighted by Gasteiger charge is -2.14. The zero-order valence-electron chi connectivity index (χ0n) is 16.1. The molecule has 1 aromatic heterocycles. The molecule has 0 radical (unpaired) electrons. The summed E-state index contributed by atoms with van der Waals surface area (Å²) in [6, 6.07) is 10.6. The van der Waals surface area contributed by atoms with E-state index in [1.165, 1.54) is 18.2 Å². The molecule has 0 spiro atoms. The Morgan fingerprint density at radius 2 is 1.67 bits per heavy atom. The first-order valence-corrected chi connectivity index (χ1v) is 9.31. The van der Waals surface area contributed by atoms with Gasteiger partial charge in [-0.3, -0.25) is 9.78 Å². The van der Waals surface area contributed by atoms with Gasteiger partial charge in [0.05, 0.1) is 12.0 Å². The number of amides is 1. The molecule has 0 atom stereocenters. The Morgan fingerprint density at radius 3 is 2.27 bits per heavy atom. The van der Waals surface area contributed by atoms with E-state index in [9.17, 15) is 22.4 Å². The van der Waals surface area contributed by atoms with Gasteiger partial charge in [0.1, 0.15) is 5.82 Å². The SMILES string of the molecule is Cc1cc(-c2cc(NC(=O)Cc3c(F)cccc3Cl)cc(C(F)(F)F)c2)cc(C)n1. The van der Waals surface area contributed by atoms with Crippen molar-refractivity contribution in [1.29, 1.82) is 0 Å². The average Bonchev–Trinajstić information content (AvgIpc) is 2.63. The van der Waals surface area contributed by atoms with Gasteiger partial charge >= 0.3 is 6.18 Å². The van der Waals surface area contributed by atoms with Crippen molar-refractivity contribution in [2.75, 3.05) is 5.32 Å². The first-order valence-electron chi connectivity index (χ1n) is 8.93. The zero-order valence-corrected chi connectivity index (χ0v) is 16.8. The molecule has 0 saturated heterocycles. The number of carbonyl (C=O) groups excluding carboxylic acids is 1. The van der Waals surface area contributed by atoms with Crippen LogP contribution in [0.2, 0.25) is 5.02 Å². The van der Waals surface area contributed by atoms with E-state index >= 15 is 0 Å². The Labute approximate surface area is 175 Å². The Morgan fingerprint density at radius 1 is 1.03 bits per heavy atom. The summed E-state index contributed by atoms with van der Waals surface area (Å²) in [6.45, 7) is 3.48. The molecule has 3 nitrogen and oxygen atoms in total. The van der Waals surface area contributed by atoms with Crippen LogP contribution in [0.3, 0.4) is 0 Å². The highest BCUT2D eigenvalue weighted by Crippen LogP contribution is 2.35. The molecule has 1 N–H and O–H groups in total. The van der Waals surface area contributed by atoms with Gasteiger partial charge < -0.3 is 5.32 Å². The molecule has 0 unspecified atom stereocenters. The summed E-state index contributed by atoms with van der Waals surface area (Å²) in [6.07, 6.45) is -5.02. The zero-order chi connectivity index (χ0) is 22.1. The molecule has 1 heterocycles. The summed E-state index contributed by atoms with van der Waals surface area (Å²) in [7, 11) is 0. The maximum absolute atomic E-state index is 13.9. The minimum absolute atomic E-state index is 0.0238. The Kier molecular flexibility index (Phi) is 6.12. The molecule has 3 rings (SSSR count). The molecule has 156 valence electrons. The number of pyridine rings is 1. The van der Waals surface area contributed by atoms with Crippen molar-refractivity contribution in [3.05, 3.63) is 81.9 Å². The molecule has 0 aliphatic rings. The third-order valence-corrected chi connectivity index (χ3v) is 4.71. The number of aryl methyl sites for hydroxylation is 2. The third kappa shape index (κ3) is 5.16. The van der Waals surface area contributed by atoms with Crippen molar-refractivity contribution < 1.29 is 22.4 Å². The van der Waals surface area contributed by atoms with E-state index in [1.54, 1.807) is 26.0 Å². The molecule has 0 aliphatic carbocycles. The number of hydrogen-bond acceptors (Lipinski definition) is 2. The number of carbonyl (C=O) groups is 1. The third-order valence-electron chi connectivity index (χ3n) is 4.36. The molecule has 2 aromatic carbocycles. The number of nitrogens with zero attached hydrogens (tertiary/aromatic N) is 1. The molecule has 0 fully saturated rings. The van der Waals surface area contributed by atoms with Gasteiger partial charge in [-0.1, -0.05) is 17.7 Å². The van der Waals surface area contributed by atoms with Crippen LogP contribution in [0.4, 0.5) is 23.2 Å². The summed E-state index contributed by atoms with van der Waals surface area (Å²) in [5, 5.41) is 2.48. The summed E-state index contributed by atoms with van der Waals surface area (Å²) >= 11 is 5.92. The van der Waals surface area contributed by atoms with Crippen molar-refractivity contribution in [2.45, 2.75) is 26.4 Å². The van der Waals surface area contributed by atoms with E-state index < -0.39 is 29.9 Å². The largest absolute Gasteiger partial charge is 0.416 e. The highest BCUT2D eigenvalue weighted by atomic mass is 35.5. The molecule has 8 heteroatoms. The van der Waals surface area contributed by atoms with Crippen LogP contribution in [0.15, 0.2) is 48.5 Å². The van der Waals surface area contributed by atoms with E-state index in [4.69, 9.17) is 11.6 Å². The first-order chi connectivity index (χ1) is 14.0. The Hall–Kier alpha value is -2.93. The summed E-state index contributed by atoms with van der Waals surface area (Å²) in [5.74, 6) is -1.35. The number of aromatic nitrogens is 1. The maximum atomic E-state index is 13.9. The van der Waals surface area contributed by atoms with E-state index in [2.05, 4.69) is 10.3 Å². The molecule has 0 saturated carbocycles. The number of hydrogen-bond donors (Lipinski definition) is 1. The van der Waals surface area contributed by atoms with Gasteiger partial charge in [-0.05, 0) is 67.4 Å². The molecule has 3 aromatic rings. The monoisotopic (exact) mass is 436 g/mol. The number of halogens is 5. The number of nitrogens with one attached hydrogen (secondary N) is 1. The van der Waals surface area contributed by atoms with Gasteiger partial charge in [0.15, 0.2) is 0 Å². The normalized spacial score (nSPS) is 11.4. The molecular formula is C22H17ClF4N2O. The molecule has 0 aliphatic heterocycles. The molecular weight excluding hydrogens is 420 g/mol. The van der Waals surface area contributed by atoms with Gasteiger partial charge in [0, 0.05) is 27.7 Å². The minimum Gasteiger partial charge on any atom is -0.326 e. The quantitative estimate of drug-likeness (QED) is 0.484. The average molecular weight is 437 g/mol. The first kappa shape index (κ1) is 21.8. The van der Waals surface area contributed by atoms with Crippen molar-refractivity contribution in [3.8, 4) is 11.1 Å². The summed E-state index contributed by atoms with van der Waals surface area (Å²) < 4.78 is 54.2. The van der Waals surface area contributed by atoms with Crippen molar-refractivity contribution in [2.24, 2.45) is 0 Å². The smallest absolute Gasteiger partial charge is 0.326 e. The van der Waals surface area contributed by atoms with Gasteiger partial charge in [-0.2, -0.15) is 13.2 Å². The fraction of sp³-hybridized carbons (Fsp3) is 0.182. The van der Waals surface area contributed by atoms with Crippen LogP contribution in [-0.2, 0) is 17.4 Å². The number of rotatable bonds is 4. The standard InChI is InChI=1S/C22H17ClF4N2O/c1-12-6-14(7-13(2)28-12)15-8-16(22(25,26)27)10-17(9-15)29-21(30)11-18-19(23)4-3-5-20(18)24/h3-10H,11H2,1-2H3,(H,29,30). The lowest BCUT2D eigenvalue weighted by molar-refractivity contribution is -0.137. The van der Waals surface area contributed by atoms with Crippen LogP contribution in [0.5, 0.6) is 0 Å². The fourth-order valence-corrected chi connectivity index (χ4v) is 3.33. The second-order valence-electron chi connectivity index (χ2n) is 6.86. The fourth-order valence-electron chi connectivity index (χ4n) is 3.10. The minimum atomic E-state index is -4.61. The van der Waals surface area contributed by atoms with E-state index in [1.807, 2.05) is 0 Å². The molecule has 0 bridgehead atoms. The van der Waals surface area contributed by atoms with Crippen LogP contribution in [0.25, 0.3) is 11.1 Å². The van der Waals surface area contributed by atoms with Crippen molar-refractivity contribution >= 4 is 23.2 Å². The highest BCUT2D eigenvalue weighted by Gasteiger charge is 2.31. The van der Waals surface area contributed by atoms with E-state index in [0.29, 0.717) is 17.0 Å². The summed E-state index contributed by atoms with van der Waals surface area (Å²) in [4.78, 5) is 16.6.